The van der Waals surface area contributed by atoms with Crippen LogP contribution in [-0.2, 0) is 6.42 Å². The monoisotopic (exact) mass is 350 g/mol. The Hall–Kier alpha value is -3.24. The van der Waals surface area contributed by atoms with Crippen LogP contribution in [0.2, 0.25) is 0 Å². The van der Waals surface area contributed by atoms with Gasteiger partial charge in [-0.25, -0.2) is 4.98 Å². The van der Waals surface area contributed by atoms with Gasteiger partial charge in [0.15, 0.2) is 0 Å². The molecule has 0 saturated carbocycles. The molecule has 0 aliphatic carbocycles. The van der Waals surface area contributed by atoms with E-state index < -0.39 is 4.92 Å². The molecule has 3 aromatic rings. The predicted molar refractivity (Wildman–Crippen MR) is 97.6 cm³/mol. The second-order valence-electron chi connectivity index (χ2n) is 5.29. The molecule has 25 heavy (non-hydrogen) atoms. The van der Waals surface area contributed by atoms with E-state index in [1.54, 1.807) is 23.5 Å². The van der Waals surface area contributed by atoms with Crippen molar-refractivity contribution in [1.29, 1.82) is 5.26 Å². The molecular formula is C18H14N4O2S. The zero-order valence-electron chi connectivity index (χ0n) is 13.2. The SMILES string of the molecule is N#Cc1ccc(NCCc2csc(-c3ccccc3)n2)c([N+](=O)[O-])c1. The third-order valence-electron chi connectivity index (χ3n) is 3.59. The fourth-order valence-corrected chi connectivity index (χ4v) is 3.22. The minimum Gasteiger partial charge on any atom is -0.379 e. The van der Waals surface area contributed by atoms with Gasteiger partial charge in [-0.15, -0.1) is 11.3 Å². The van der Waals surface area contributed by atoms with Crippen LogP contribution < -0.4 is 5.32 Å². The first-order valence-corrected chi connectivity index (χ1v) is 8.47. The molecule has 0 radical (unpaired) electrons. The lowest BCUT2D eigenvalue weighted by molar-refractivity contribution is -0.384. The summed E-state index contributed by atoms with van der Waals surface area (Å²) in [5.74, 6) is 0. The first-order chi connectivity index (χ1) is 12.2. The normalized spacial score (nSPS) is 10.2. The van der Waals surface area contributed by atoms with Crippen LogP contribution in [0.4, 0.5) is 11.4 Å². The fraction of sp³-hybridized carbons (Fsp3) is 0.111. The van der Waals surface area contributed by atoms with Gasteiger partial charge in [-0.1, -0.05) is 30.3 Å². The number of nitrogens with zero attached hydrogens (tertiary/aromatic N) is 3. The Morgan fingerprint density at radius 3 is 2.76 bits per heavy atom. The van der Waals surface area contributed by atoms with Gasteiger partial charge < -0.3 is 5.32 Å². The van der Waals surface area contributed by atoms with E-state index in [1.165, 1.54) is 6.07 Å². The van der Waals surface area contributed by atoms with E-state index in [0.29, 0.717) is 18.7 Å². The van der Waals surface area contributed by atoms with Crippen molar-refractivity contribution in [3.05, 3.63) is 75.3 Å². The highest BCUT2D eigenvalue weighted by atomic mass is 32.1. The molecule has 0 amide bonds. The number of thiazole rings is 1. The number of nitrogens with one attached hydrogen (secondary N) is 1. The number of anilines is 1. The van der Waals surface area contributed by atoms with Crippen LogP contribution >= 0.6 is 11.3 Å². The Bertz CT molecular complexity index is 932. The molecule has 1 heterocycles. The van der Waals surface area contributed by atoms with Gasteiger partial charge in [-0.05, 0) is 12.1 Å². The molecule has 0 fully saturated rings. The van der Waals surface area contributed by atoms with Gasteiger partial charge >= 0.3 is 0 Å². The molecule has 0 unspecified atom stereocenters. The highest BCUT2D eigenvalue weighted by Crippen LogP contribution is 2.26. The maximum atomic E-state index is 11.1. The van der Waals surface area contributed by atoms with E-state index in [4.69, 9.17) is 5.26 Å². The largest absolute Gasteiger partial charge is 0.379 e. The van der Waals surface area contributed by atoms with E-state index in [9.17, 15) is 10.1 Å². The summed E-state index contributed by atoms with van der Waals surface area (Å²) < 4.78 is 0. The van der Waals surface area contributed by atoms with Crippen molar-refractivity contribution >= 4 is 22.7 Å². The quantitative estimate of drug-likeness (QED) is 0.530. The topological polar surface area (TPSA) is 91.8 Å². The maximum Gasteiger partial charge on any atom is 0.293 e. The Morgan fingerprint density at radius 1 is 1.24 bits per heavy atom. The highest BCUT2D eigenvalue weighted by molar-refractivity contribution is 7.13. The van der Waals surface area contributed by atoms with Gasteiger partial charge in [-0.2, -0.15) is 5.26 Å². The smallest absolute Gasteiger partial charge is 0.293 e. The number of benzene rings is 2. The van der Waals surface area contributed by atoms with Crippen molar-refractivity contribution in [2.75, 3.05) is 11.9 Å². The summed E-state index contributed by atoms with van der Waals surface area (Å²) in [5.41, 5.74) is 2.59. The van der Waals surface area contributed by atoms with Crippen molar-refractivity contribution < 1.29 is 4.92 Å². The third kappa shape index (κ3) is 4.00. The summed E-state index contributed by atoms with van der Waals surface area (Å²) in [6.45, 7) is 0.519. The first kappa shape index (κ1) is 16.6. The second-order valence-corrected chi connectivity index (χ2v) is 6.15. The van der Waals surface area contributed by atoms with Crippen molar-refractivity contribution in [3.63, 3.8) is 0 Å². The minimum atomic E-state index is -0.487. The summed E-state index contributed by atoms with van der Waals surface area (Å²) in [7, 11) is 0. The lowest BCUT2D eigenvalue weighted by atomic mass is 10.2. The standard InChI is InChI=1S/C18H14N4O2S/c19-11-13-6-7-16(17(10-13)22(23)24)20-9-8-15-12-25-18(21-15)14-4-2-1-3-5-14/h1-7,10,12,20H,8-9H2. The van der Waals surface area contributed by atoms with Gasteiger partial charge in [0, 0.05) is 30.0 Å². The number of aromatic nitrogens is 1. The van der Waals surface area contributed by atoms with Gasteiger partial charge in [0.05, 0.1) is 22.2 Å². The maximum absolute atomic E-state index is 11.1. The van der Waals surface area contributed by atoms with Crippen LogP contribution in [0.5, 0.6) is 0 Å². The molecule has 1 N–H and O–H groups in total. The molecule has 124 valence electrons. The summed E-state index contributed by atoms with van der Waals surface area (Å²) in [6, 6.07) is 16.3. The highest BCUT2D eigenvalue weighted by Gasteiger charge is 2.14. The van der Waals surface area contributed by atoms with E-state index in [-0.39, 0.29) is 11.3 Å². The predicted octanol–water partition coefficient (Wildman–Crippen LogP) is 4.24. The molecule has 0 atom stereocenters. The number of nitro benzene ring substituents is 1. The van der Waals surface area contributed by atoms with Crippen molar-refractivity contribution in [1.82, 2.24) is 4.98 Å². The van der Waals surface area contributed by atoms with Crippen LogP contribution in [-0.4, -0.2) is 16.5 Å². The fourth-order valence-electron chi connectivity index (χ4n) is 2.36. The van der Waals surface area contributed by atoms with Crippen molar-refractivity contribution in [3.8, 4) is 16.6 Å². The van der Waals surface area contributed by atoms with Gasteiger partial charge in [0.1, 0.15) is 10.7 Å². The minimum absolute atomic E-state index is 0.0951. The lowest BCUT2D eigenvalue weighted by Gasteiger charge is -2.06. The Kier molecular flexibility index (Phi) is 5.02. The van der Waals surface area contributed by atoms with E-state index in [1.807, 2.05) is 41.8 Å². The average Bonchev–Trinajstić information content (AvgIpc) is 3.11. The van der Waals surface area contributed by atoms with Crippen LogP contribution in [0.25, 0.3) is 10.6 Å². The van der Waals surface area contributed by atoms with Crippen molar-refractivity contribution in [2.45, 2.75) is 6.42 Å². The van der Waals surface area contributed by atoms with Crippen LogP contribution in [0, 0.1) is 21.4 Å². The summed E-state index contributed by atoms with van der Waals surface area (Å²) >= 11 is 1.58. The van der Waals surface area contributed by atoms with Crippen molar-refractivity contribution in [2.24, 2.45) is 0 Å². The zero-order valence-corrected chi connectivity index (χ0v) is 14.0. The van der Waals surface area contributed by atoms with E-state index in [0.717, 1.165) is 16.3 Å². The molecule has 0 aliphatic rings. The number of rotatable bonds is 6. The summed E-state index contributed by atoms with van der Waals surface area (Å²) in [5, 5.41) is 26.0. The van der Waals surface area contributed by atoms with E-state index >= 15 is 0 Å². The zero-order chi connectivity index (χ0) is 17.6. The van der Waals surface area contributed by atoms with Gasteiger partial charge in [0.2, 0.25) is 0 Å². The Labute approximate surface area is 148 Å². The number of hydrogen-bond acceptors (Lipinski definition) is 6. The lowest BCUT2D eigenvalue weighted by Crippen LogP contribution is -2.07. The second kappa shape index (κ2) is 7.55. The summed E-state index contributed by atoms with van der Waals surface area (Å²) in [6.07, 6.45) is 0.653. The summed E-state index contributed by atoms with van der Waals surface area (Å²) in [4.78, 5) is 15.2. The van der Waals surface area contributed by atoms with E-state index in [2.05, 4.69) is 10.3 Å². The van der Waals surface area contributed by atoms with Crippen LogP contribution in [0.15, 0.2) is 53.9 Å². The van der Waals surface area contributed by atoms with Gasteiger partial charge in [0.25, 0.3) is 5.69 Å². The van der Waals surface area contributed by atoms with Gasteiger partial charge in [-0.3, -0.25) is 10.1 Å². The number of nitro groups is 1. The molecular weight excluding hydrogens is 336 g/mol. The molecule has 0 bridgehead atoms. The first-order valence-electron chi connectivity index (χ1n) is 7.59. The third-order valence-corrected chi connectivity index (χ3v) is 4.53. The Morgan fingerprint density at radius 2 is 2.04 bits per heavy atom. The molecule has 0 spiro atoms. The molecule has 0 aliphatic heterocycles. The Balaban J connectivity index is 1.65. The molecule has 3 rings (SSSR count). The number of hydrogen-bond donors (Lipinski definition) is 1. The van der Waals surface area contributed by atoms with Crippen LogP contribution in [0.1, 0.15) is 11.3 Å². The number of nitriles is 1. The molecule has 2 aromatic carbocycles. The average molecular weight is 350 g/mol. The molecule has 0 saturated heterocycles. The molecule has 7 heteroatoms. The molecule has 6 nitrogen and oxygen atoms in total. The van der Waals surface area contributed by atoms with Crippen LogP contribution in [0.3, 0.4) is 0 Å². The molecule has 1 aromatic heterocycles.